The molecule has 0 aromatic carbocycles. The molecule has 212 valence electrons. The maximum absolute atomic E-state index is 12.5. The average Bonchev–Trinajstić information content (AvgIpc) is 3.50. The third-order valence-corrected chi connectivity index (χ3v) is 10.3. The lowest BCUT2D eigenvalue weighted by Crippen LogP contribution is -2.34. The predicted molar refractivity (Wildman–Crippen MR) is 130 cm³/mol. The number of nitrogen functional groups attached to an aromatic ring is 1. The highest BCUT2D eigenvalue weighted by molar-refractivity contribution is 7.70. The molecule has 8 N–H and O–H groups in total. The monoisotopic (exact) mass is 600 g/mol. The first kappa shape index (κ1) is 29.1. The number of carbonyl (C=O) groups is 1. The summed E-state index contributed by atoms with van der Waals surface area (Å²) in [5.41, 5.74) is 4.79. The molecule has 0 radical (unpaired) electrons. The Morgan fingerprint density at radius 2 is 2.03 bits per heavy atom. The summed E-state index contributed by atoms with van der Waals surface area (Å²) >= 11 is 5.45. The van der Waals surface area contributed by atoms with Crippen LogP contribution >= 0.6 is 26.8 Å². The Morgan fingerprint density at radius 3 is 2.74 bits per heavy atom. The van der Waals surface area contributed by atoms with E-state index in [0.29, 0.717) is 12.8 Å². The van der Waals surface area contributed by atoms with Crippen molar-refractivity contribution in [3.05, 3.63) is 16.7 Å². The van der Waals surface area contributed by atoms with Crippen LogP contribution in [-0.2, 0) is 27.7 Å². The van der Waals surface area contributed by atoms with Crippen LogP contribution in [0.4, 0.5) is 5.95 Å². The molecule has 38 heavy (non-hydrogen) atoms. The minimum Gasteiger partial charge on any atom is -0.387 e. The number of carbonyl (C=O) groups excluding carboxylic acids is 1. The topological polar surface area (TPSA) is 261 Å². The summed E-state index contributed by atoms with van der Waals surface area (Å²) in [4.78, 5) is 53.8. The fraction of sp³-hybridized carbons (Fsp3) is 0.667. The van der Waals surface area contributed by atoms with Gasteiger partial charge in [0.25, 0.3) is 5.56 Å². The second-order valence-electron chi connectivity index (χ2n) is 8.97. The molecule has 8 atom stereocenters. The number of imidazole rings is 1. The summed E-state index contributed by atoms with van der Waals surface area (Å²) in [5.74, 6) is -2.08. The number of aromatic nitrogens is 4. The van der Waals surface area contributed by atoms with Gasteiger partial charge in [0.05, 0.1) is 19.0 Å². The van der Waals surface area contributed by atoms with Gasteiger partial charge in [0, 0.05) is 6.04 Å². The van der Waals surface area contributed by atoms with Gasteiger partial charge in [-0.05, 0) is 19.3 Å². The Bertz CT molecular complexity index is 1340. The maximum atomic E-state index is 12.5. The molecule has 1 aliphatic heterocycles. The van der Waals surface area contributed by atoms with Crippen LogP contribution in [-0.4, -0.2) is 94.3 Å². The van der Waals surface area contributed by atoms with Gasteiger partial charge in [-0.2, -0.15) is 4.98 Å². The van der Waals surface area contributed by atoms with Crippen LogP contribution < -0.4 is 16.6 Å². The lowest BCUT2D eigenvalue weighted by molar-refractivity contribution is -0.119. The molecule has 2 fully saturated rings. The summed E-state index contributed by atoms with van der Waals surface area (Å²) in [6.45, 7) is -0.735. The molecule has 1 saturated carbocycles. The van der Waals surface area contributed by atoms with Crippen molar-refractivity contribution in [1.82, 2.24) is 24.8 Å². The molecule has 1 amide bonds. The molecule has 0 spiro atoms. The molecule has 2 aromatic heterocycles. The molecule has 3 heterocycles. The highest BCUT2D eigenvalue weighted by Gasteiger charge is 2.46. The van der Waals surface area contributed by atoms with Gasteiger partial charge < -0.3 is 44.8 Å². The zero-order valence-electron chi connectivity index (χ0n) is 19.6. The van der Waals surface area contributed by atoms with Crippen LogP contribution in [0.15, 0.2) is 11.1 Å². The fourth-order valence-corrected chi connectivity index (χ4v) is 7.90. The Balaban J connectivity index is 1.34. The number of ether oxygens (including phenoxy) is 1. The minimum atomic E-state index is -4.74. The van der Waals surface area contributed by atoms with E-state index in [4.69, 9.17) is 31.1 Å². The normalized spacial score (nSPS) is 30.8. The zero-order chi connectivity index (χ0) is 27.8. The first-order chi connectivity index (χ1) is 17.8. The number of aromatic amines is 1. The van der Waals surface area contributed by atoms with Crippen molar-refractivity contribution in [3.8, 4) is 0 Å². The molecular formula is C18H27ClN6O11P2. The SMILES string of the molecule is Nc1nc2c(ncn2[C@@H]2O[C@H](COP(=O)(O)CP(=O)(O)O[C@@H]3CC[C@@H](NC(=O)CCl)C3)[C@@H](O)[C@H]2O)c(=O)[nH]1. The van der Waals surface area contributed by atoms with E-state index in [1.165, 1.54) is 0 Å². The summed E-state index contributed by atoms with van der Waals surface area (Å²) in [5, 5.41) is 23.5. The molecule has 2 aromatic rings. The molecular weight excluding hydrogens is 574 g/mol. The molecule has 2 unspecified atom stereocenters. The van der Waals surface area contributed by atoms with Gasteiger partial charge in [0.2, 0.25) is 11.9 Å². The Kier molecular flexibility index (Phi) is 8.64. The second-order valence-corrected chi connectivity index (χ2v) is 13.4. The number of halogens is 1. The fourth-order valence-electron chi connectivity index (χ4n) is 4.38. The minimum absolute atomic E-state index is 0.0355. The summed E-state index contributed by atoms with van der Waals surface area (Å²) in [6.07, 6.45) is -4.39. The summed E-state index contributed by atoms with van der Waals surface area (Å²) < 4.78 is 41.8. The number of nitrogens with zero attached hydrogens (tertiary/aromatic N) is 3. The van der Waals surface area contributed by atoms with Crippen molar-refractivity contribution in [3.63, 3.8) is 0 Å². The maximum Gasteiger partial charge on any atom is 0.340 e. The van der Waals surface area contributed by atoms with E-state index in [9.17, 15) is 38.7 Å². The smallest absolute Gasteiger partial charge is 0.340 e. The van der Waals surface area contributed by atoms with Crippen LogP contribution in [0.25, 0.3) is 11.2 Å². The van der Waals surface area contributed by atoms with E-state index in [1.54, 1.807) is 0 Å². The molecule has 1 aliphatic carbocycles. The van der Waals surface area contributed by atoms with Crippen LogP contribution in [0.5, 0.6) is 0 Å². The third-order valence-electron chi connectivity index (χ3n) is 6.04. The predicted octanol–water partition coefficient (Wildman–Crippen LogP) is -1.04. The largest absolute Gasteiger partial charge is 0.387 e. The van der Waals surface area contributed by atoms with E-state index in [1.807, 2.05) is 0 Å². The lowest BCUT2D eigenvalue weighted by Gasteiger charge is -2.21. The molecule has 4 rings (SSSR count). The number of fused-ring (bicyclic) bond motifs is 1. The lowest BCUT2D eigenvalue weighted by atomic mass is 10.1. The number of rotatable bonds is 10. The standard InChI is InChI=1S/C18H27ClN6O11P2/c19-4-11(26)22-8-1-2-9(3-8)36-38(32,33)7-37(30,31)34-5-10-13(27)14(28)17(35-10)25-6-21-12-15(25)23-18(20)24-16(12)29/h6,8-10,13-14,17,27-28H,1-5,7H2,(H,22,26)(H,30,31)(H,32,33)(H3,20,23,24,29)/t8-,9-,10-,13-,14-,17-/m1/s1. The second kappa shape index (κ2) is 11.3. The van der Waals surface area contributed by atoms with E-state index < -0.39 is 69.8 Å². The van der Waals surface area contributed by atoms with E-state index in [2.05, 4.69) is 20.3 Å². The highest BCUT2D eigenvalue weighted by Crippen LogP contribution is 2.59. The van der Waals surface area contributed by atoms with Crippen LogP contribution in [0.3, 0.4) is 0 Å². The van der Waals surface area contributed by atoms with Crippen molar-refractivity contribution in [2.75, 3.05) is 24.1 Å². The van der Waals surface area contributed by atoms with Crippen LogP contribution in [0, 0.1) is 0 Å². The number of hydrogen-bond donors (Lipinski definition) is 7. The molecule has 1 saturated heterocycles. The van der Waals surface area contributed by atoms with E-state index in [0.717, 1.165) is 10.9 Å². The number of H-pyrrole nitrogens is 1. The first-order valence-corrected chi connectivity index (χ1v) is 15.4. The average molecular weight is 601 g/mol. The number of nitrogens with two attached hydrogens (primary N) is 1. The van der Waals surface area contributed by atoms with Crippen molar-refractivity contribution in [2.45, 2.75) is 55.9 Å². The highest BCUT2D eigenvalue weighted by atomic mass is 35.5. The quantitative estimate of drug-likeness (QED) is 0.127. The zero-order valence-corrected chi connectivity index (χ0v) is 22.2. The van der Waals surface area contributed by atoms with Gasteiger partial charge in [-0.15, -0.1) is 11.6 Å². The molecule has 20 heteroatoms. The number of nitrogens with one attached hydrogen (secondary N) is 2. The Labute approximate surface area is 219 Å². The number of aliphatic hydroxyl groups excluding tert-OH is 2. The summed E-state index contributed by atoms with van der Waals surface area (Å²) in [7, 11) is -9.34. The van der Waals surface area contributed by atoms with E-state index in [-0.39, 0.29) is 35.5 Å². The van der Waals surface area contributed by atoms with Crippen molar-refractivity contribution in [2.24, 2.45) is 0 Å². The van der Waals surface area contributed by atoms with Crippen molar-refractivity contribution < 1.29 is 47.7 Å². The Morgan fingerprint density at radius 1 is 1.29 bits per heavy atom. The molecule has 17 nitrogen and oxygen atoms in total. The summed E-state index contributed by atoms with van der Waals surface area (Å²) in [6, 6.07) is -0.304. The first-order valence-electron chi connectivity index (χ1n) is 11.3. The van der Waals surface area contributed by atoms with Gasteiger partial charge in [-0.3, -0.25) is 28.3 Å². The van der Waals surface area contributed by atoms with Crippen molar-refractivity contribution >= 4 is 49.8 Å². The number of anilines is 1. The van der Waals surface area contributed by atoms with Gasteiger partial charge in [-0.25, -0.2) is 4.98 Å². The Hall–Kier alpha value is -1.91. The van der Waals surface area contributed by atoms with Crippen LogP contribution in [0.1, 0.15) is 25.5 Å². The van der Waals surface area contributed by atoms with Gasteiger partial charge in [0.15, 0.2) is 23.3 Å². The number of alkyl halides is 1. The van der Waals surface area contributed by atoms with Gasteiger partial charge >= 0.3 is 15.2 Å². The van der Waals surface area contributed by atoms with Crippen molar-refractivity contribution in [1.29, 1.82) is 0 Å². The van der Waals surface area contributed by atoms with Gasteiger partial charge in [0.1, 0.15) is 24.2 Å². The van der Waals surface area contributed by atoms with Gasteiger partial charge in [-0.1, -0.05) is 0 Å². The van der Waals surface area contributed by atoms with Crippen LogP contribution in [0.2, 0.25) is 0 Å². The number of amides is 1. The van der Waals surface area contributed by atoms with E-state index >= 15 is 0 Å². The molecule has 0 bridgehead atoms. The number of hydrogen-bond acceptors (Lipinski definition) is 12. The molecule has 2 aliphatic rings. The number of aliphatic hydroxyl groups is 2. The third kappa shape index (κ3) is 6.62.